The number of unbranched alkanes of at least 4 members (excludes halogenated alkanes) is 31. The van der Waals surface area contributed by atoms with E-state index in [1.807, 2.05) is 0 Å². The first kappa shape index (κ1) is 64.3. The van der Waals surface area contributed by atoms with Crippen LogP contribution >= 0.6 is 7.82 Å². The van der Waals surface area contributed by atoms with Crippen LogP contribution in [0.2, 0.25) is 0 Å². The summed E-state index contributed by atoms with van der Waals surface area (Å²) < 4.78 is 33.7. The molecular weight excluding hydrogens is 888 g/mol. The van der Waals surface area contributed by atoms with Gasteiger partial charge in [-0.3, -0.25) is 18.6 Å². The van der Waals surface area contributed by atoms with Crippen LogP contribution in [0.1, 0.15) is 251 Å². The van der Waals surface area contributed by atoms with Crippen molar-refractivity contribution in [1.29, 1.82) is 0 Å². The lowest BCUT2D eigenvalue weighted by molar-refractivity contribution is -0.220. The number of phosphoric ester groups is 1. The second-order valence-corrected chi connectivity index (χ2v) is 20.9. The lowest BCUT2D eigenvalue weighted by atomic mass is 9.85. The van der Waals surface area contributed by atoms with Gasteiger partial charge in [0.25, 0.3) is 0 Å². The summed E-state index contributed by atoms with van der Waals surface area (Å²) in [5.74, 6) is -1.09. The predicted molar refractivity (Wildman–Crippen MR) is 272 cm³/mol. The van der Waals surface area contributed by atoms with Crippen LogP contribution in [-0.4, -0.2) is 98.3 Å². The molecule has 0 aromatic heterocycles. The maximum absolute atomic E-state index is 12.9. The first-order chi connectivity index (χ1) is 32.9. The molecule has 6 unspecified atom stereocenters. The molecule has 13 nitrogen and oxygen atoms in total. The van der Waals surface area contributed by atoms with Crippen LogP contribution in [-0.2, 0) is 32.7 Å². The van der Waals surface area contributed by atoms with Crippen molar-refractivity contribution < 1.29 is 63.1 Å². The SMILES string of the molecule is CCCCCCC/C=C\C/C=C\CCCCCCCCCCCC(=O)OC(COC(=O)CCCCCCCCCCCCCCCCCCCC)COP(=O)(O)OC1C(O)C(O)C(O)C(O)C1O. The van der Waals surface area contributed by atoms with E-state index in [2.05, 4.69) is 38.2 Å². The first-order valence-corrected chi connectivity index (χ1v) is 29.1. The van der Waals surface area contributed by atoms with Crippen LogP contribution in [0.3, 0.4) is 0 Å². The lowest BCUT2D eigenvalue weighted by Gasteiger charge is -2.41. The summed E-state index contributed by atoms with van der Waals surface area (Å²) in [6, 6.07) is 0. The third kappa shape index (κ3) is 35.4. The van der Waals surface area contributed by atoms with E-state index in [1.54, 1.807) is 0 Å². The molecule has 68 heavy (non-hydrogen) atoms. The van der Waals surface area contributed by atoms with Crippen LogP contribution in [0.15, 0.2) is 24.3 Å². The van der Waals surface area contributed by atoms with Crippen molar-refractivity contribution in [3.8, 4) is 0 Å². The van der Waals surface area contributed by atoms with E-state index >= 15 is 0 Å². The van der Waals surface area contributed by atoms with Gasteiger partial charge < -0.3 is 39.9 Å². The number of rotatable bonds is 47. The zero-order valence-corrected chi connectivity index (χ0v) is 43.8. The Labute approximate surface area is 413 Å². The van der Waals surface area contributed by atoms with Gasteiger partial charge >= 0.3 is 19.8 Å². The lowest BCUT2D eigenvalue weighted by Crippen LogP contribution is -2.64. The van der Waals surface area contributed by atoms with E-state index in [4.69, 9.17) is 18.5 Å². The van der Waals surface area contributed by atoms with E-state index in [0.717, 1.165) is 57.8 Å². The molecule has 1 saturated carbocycles. The Morgan fingerprint density at radius 2 is 0.794 bits per heavy atom. The van der Waals surface area contributed by atoms with Gasteiger partial charge in [0.1, 0.15) is 43.2 Å². The zero-order valence-electron chi connectivity index (χ0n) is 42.9. The van der Waals surface area contributed by atoms with Crippen LogP contribution in [0.4, 0.5) is 0 Å². The summed E-state index contributed by atoms with van der Waals surface area (Å²) in [6.45, 7) is 3.34. The molecule has 0 heterocycles. The van der Waals surface area contributed by atoms with Gasteiger partial charge in [0, 0.05) is 12.8 Å². The predicted octanol–water partition coefficient (Wildman–Crippen LogP) is 12.3. The maximum atomic E-state index is 12.9. The molecule has 0 spiro atoms. The van der Waals surface area contributed by atoms with Crippen molar-refractivity contribution in [2.24, 2.45) is 0 Å². The van der Waals surface area contributed by atoms with Crippen molar-refractivity contribution in [2.45, 2.75) is 294 Å². The van der Waals surface area contributed by atoms with Crippen molar-refractivity contribution in [3.05, 3.63) is 24.3 Å². The van der Waals surface area contributed by atoms with E-state index in [0.29, 0.717) is 12.8 Å². The fourth-order valence-corrected chi connectivity index (χ4v) is 9.59. The number of aliphatic hydroxyl groups excluding tert-OH is 5. The molecule has 1 aliphatic rings. The van der Waals surface area contributed by atoms with Gasteiger partial charge in [0.15, 0.2) is 6.10 Å². The standard InChI is InChI=1S/C54H101O13P/c1-3-5-7-9-11-13-15-17-19-21-23-24-25-27-29-31-33-35-37-39-41-43-48(56)66-46(45-65-68(62,63)67-54-52(60)50(58)49(57)51(59)53(54)61)44-64-47(55)42-40-38-36-34-32-30-28-26-22-20-18-16-14-12-10-8-6-4-2/h15,17,21,23,46,49-54,57-61H,3-14,16,18-20,22,24-45H2,1-2H3,(H,62,63)/b17-15-,23-21-. The molecular formula is C54H101O13P. The Bertz CT molecular complexity index is 1280. The number of carbonyl (C=O) groups excluding carboxylic acids is 2. The summed E-state index contributed by atoms with van der Waals surface area (Å²) in [5.41, 5.74) is 0. The minimum Gasteiger partial charge on any atom is -0.462 e. The summed E-state index contributed by atoms with van der Waals surface area (Å²) in [5, 5.41) is 50.3. The molecule has 0 aromatic carbocycles. The maximum Gasteiger partial charge on any atom is 0.472 e. The number of phosphoric acid groups is 1. The molecule has 400 valence electrons. The molecule has 0 amide bonds. The van der Waals surface area contributed by atoms with Crippen LogP contribution in [0.5, 0.6) is 0 Å². The summed E-state index contributed by atoms with van der Waals surface area (Å²) in [7, 11) is -5.12. The van der Waals surface area contributed by atoms with E-state index in [1.165, 1.54) is 154 Å². The topological polar surface area (TPSA) is 210 Å². The molecule has 0 aliphatic heterocycles. The van der Waals surface area contributed by atoms with Gasteiger partial charge in [0.05, 0.1) is 6.61 Å². The quantitative estimate of drug-likeness (QED) is 0.0145. The molecule has 6 atom stereocenters. The Morgan fingerprint density at radius 1 is 0.456 bits per heavy atom. The van der Waals surface area contributed by atoms with Gasteiger partial charge in [-0.2, -0.15) is 0 Å². The van der Waals surface area contributed by atoms with Gasteiger partial charge in [-0.1, -0.05) is 218 Å². The molecule has 0 radical (unpaired) electrons. The molecule has 1 fully saturated rings. The van der Waals surface area contributed by atoms with Gasteiger partial charge in [-0.15, -0.1) is 0 Å². The monoisotopic (exact) mass is 989 g/mol. The zero-order chi connectivity index (χ0) is 49.9. The Balaban J connectivity index is 2.36. The number of hydrogen-bond donors (Lipinski definition) is 6. The number of esters is 2. The van der Waals surface area contributed by atoms with E-state index in [-0.39, 0.29) is 12.8 Å². The number of carbonyl (C=O) groups is 2. The summed E-state index contributed by atoms with van der Waals surface area (Å²) in [6.07, 6.45) is 37.9. The summed E-state index contributed by atoms with van der Waals surface area (Å²) in [4.78, 5) is 35.9. The minimum atomic E-state index is -5.12. The second-order valence-electron chi connectivity index (χ2n) is 19.4. The molecule has 6 N–H and O–H groups in total. The molecule has 1 rings (SSSR count). The van der Waals surface area contributed by atoms with Crippen molar-refractivity contribution in [3.63, 3.8) is 0 Å². The fraction of sp³-hybridized carbons (Fsp3) is 0.889. The first-order valence-electron chi connectivity index (χ1n) is 27.6. The van der Waals surface area contributed by atoms with Crippen molar-refractivity contribution >= 4 is 19.8 Å². The van der Waals surface area contributed by atoms with Crippen LogP contribution in [0.25, 0.3) is 0 Å². The Kier molecular flexibility index (Phi) is 41.7. The number of hydrogen-bond acceptors (Lipinski definition) is 12. The van der Waals surface area contributed by atoms with Gasteiger partial charge in [0.2, 0.25) is 0 Å². The van der Waals surface area contributed by atoms with E-state index in [9.17, 15) is 44.6 Å². The third-order valence-electron chi connectivity index (χ3n) is 13.0. The fourth-order valence-electron chi connectivity index (χ4n) is 8.61. The van der Waals surface area contributed by atoms with Crippen LogP contribution in [0, 0.1) is 0 Å². The molecule has 0 saturated heterocycles. The average molecular weight is 989 g/mol. The second kappa shape index (κ2) is 44.1. The third-order valence-corrected chi connectivity index (χ3v) is 14.0. The number of ether oxygens (including phenoxy) is 2. The molecule has 0 aromatic rings. The van der Waals surface area contributed by atoms with Gasteiger partial charge in [-0.25, -0.2) is 4.57 Å². The van der Waals surface area contributed by atoms with Crippen molar-refractivity contribution in [1.82, 2.24) is 0 Å². The normalized spacial score (nSPS) is 21.1. The largest absolute Gasteiger partial charge is 0.472 e. The van der Waals surface area contributed by atoms with Gasteiger partial charge in [-0.05, 0) is 44.9 Å². The smallest absolute Gasteiger partial charge is 0.462 e. The number of aliphatic hydroxyl groups is 5. The summed E-state index contributed by atoms with van der Waals surface area (Å²) >= 11 is 0. The molecule has 1 aliphatic carbocycles. The highest BCUT2D eigenvalue weighted by Crippen LogP contribution is 2.47. The average Bonchev–Trinajstić information content (AvgIpc) is 3.32. The highest BCUT2D eigenvalue weighted by atomic mass is 31.2. The minimum absolute atomic E-state index is 0.0952. The highest BCUT2D eigenvalue weighted by molar-refractivity contribution is 7.47. The molecule has 0 bridgehead atoms. The Morgan fingerprint density at radius 3 is 1.19 bits per heavy atom. The van der Waals surface area contributed by atoms with Crippen LogP contribution < -0.4 is 0 Å². The molecule has 14 heteroatoms. The van der Waals surface area contributed by atoms with Crippen molar-refractivity contribution in [2.75, 3.05) is 13.2 Å². The highest BCUT2D eigenvalue weighted by Gasteiger charge is 2.51. The van der Waals surface area contributed by atoms with E-state index < -0.39 is 75.7 Å². The number of allylic oxidation sites excluding steroid dienone is 4. The Hall–Kier alpha value is -1.67.